The van der Waals surface area contributed by atoms with Crippen molar-refractivity contribution in [2.45, 2.75) is 39.5 Å². The Balaban J connectivity index is 2.01. The summed E-state index contributed by atoms with van der Waals surface area (Å²) in [6.45, 7) is 4.15. The summed E-state index contributed by atoms with van der Waals surface area (Å²) < 4.78 is 3.83. The maximum absolute atomic E-state index is 12.1. The summed E-state index contributed by atoms with van der Waals surface area (Å²) in [7, 11) is 0. The minimum Gasteiger partial charge on any atom is -0.321 e. The Morgan fingerprint density at radius 2 is 2.00 bits per heavy atom. The van der Waals surface area contributed by atoms with Crippen molar-refractivity contribution >= 4 is 23.1 Å². The molecule has 0 aliphatic heterocycles. The molecule has 0 saturated carbocycles. The molecule has 1 heterocycles. The molecule has 0 atom stereocenters. The van der Waals surface area contributed by atoms with Crippen LogP contribution in [0.4, 0.5) is 5.69 Å². The Morgan fingerprint density at radius 1 is 1.25 bits per heavy atom. The van der Waals surface area contributed by atoms with Crippen molar-refractivity contribution in [3.05, 3.63) is 40.4 Å². The summed E-state index contributed by atoms with van der Waals surface area (Å²) in [6, 6.07) is 8.03. The molecule has 2 rings (SSSR count). The van der Waals surface area contributed by atoms with Crippen molar-refractivity contribution in [3.63, 3.8) is 0 Å². The number of hydrogen-bond acceptors (Lipinski definition) is 4. The van der Waals surface area contributed by atoms with Gasteiger partial charge in [0.1, 0.15) is 4.88 Å². The zero-order valence-corrected chi connectivity index (χ0v) is 12.7. The van der Waals surface area contributed by atoms with Crippen LogP contribution in [0.1, 0.15) is 47.6 Å². The maximum Gasteiger partial charge on any atom is 0.269 e. The lowest BCUT2D eigenvalue weighted by Gasteiger charge is -2.05. The molecule has 0 spiro atoms. The number of nitrogens with one attached hydrogen (secondary N) is 1. The molecule has 2 aromatic rings. The first kappa shape index (κ1) is 14.7. The molecule has 1 aromatic heterocycles. The van der Waals surface area contributed by atoms with Gasteiger partial charge in [0.05, 0.1) is 5.69 Å². The number of amides is 1. The second-order valence-corrected chi connectivity index (χ2v) is 5.41. The molecular weight excluding hydrogens is 270 g/mol. The molecule has 106 valence electrons. The van der Waals surface area contributed by atoms with E-state index in [1.807, 2.05) is 19.1 Å². The first-order chi connectivity index (χ1) is 9.74. The van der Waals surface area contributed by atoms with Gasteiger partial charge >= 0.3 is 0 Å². The molecule has 1 amide bonds. The lowest BCUT2D eigenvalue weighted by Crippen LogP contribution is -2.12. The van der Waals surface area contributed by atoms with Crippen molar-refractivity contribution in [1.82, 2.24) is 9.59 Å². The fraction of sp³-hybridized carbons (Fsp3) is 0.400. The molecule has 0 fully saturated rings. The van der Waals surface area contributed by atoms with Crippen LogP contribution in [-0.4, -0.2) is 15.5 Å². The van der Waals surface area contributed by atoms with E-state index in [2.05, 4.69) is 34.0 Å². The van der Waals surface area contributed by atoms with Crippen LogP contribution in [0.5, 0.6) is 0 Å². The van der Waals surface area contributed by atoms with Crippen molar-refractivity contribution in [2.75, 3.05) is 5.32 Å². The number of aromatic nitrogens is 2. The molecule has 0 bridgehead atoms. The third-order valence-corrected chi connectivity index (χ3v) is 3.89. The molecular formula is C15H19N3OS. The average Bonchev–Trinajstić information content (AvgIpc) is 2.95. The SMILES string of the molecule is CCCCc1ccc(NC(=O)c2snnc2CC)cc1. The first-order valence-corrected chi connectivity index (χ1v) is 7.73. The highest BCUT2D eigenvalue weighted by molar-refractivity contribution is 7.08. The second kappa shape index (κ2) is 7.14. The minimum atomic E-state index is -0.127. The summed E-state index contributed by atoms with van der Waals surface area (Å²) >= 11 is 1.14. The van der Waals surface area contributed by atoms with Crippen LogP contribution in [0.2, 0.25) is 0 Å². The summed E-state index contributed by atoms with van der Waals surface area (Å²) in [5.41, 5.74) is 2.87. The van der Waals surface area contributed by atoms with Crippen LogP contribution in [0.3, 0.4) is 0 Å². The fourth-order valence-corrected chi connectivity index (χ4v) is 2.58. The molecule has 1 aromatic carbocycles. The molecule has 0 aliphatic carbocycles. The van der Waals surface area contributed by atoms with Crippen LogP contribution < -0.4 is 5.32 Å². The van der Waals surface area contributed by atoms with E-state index in [0.717, 1.165) is 35.8 Å². The van der Waals surface area contributed by atoms with Crippen LogP contribution >= 0.6 is 11.5 Å². The van der Waals surface area contributed by atoms with Crippen molar-refractivity contribution in [1.29, 1.82) is 0 Å². The van der Waals surface area contributed by atoms with Gasteiger partial charge in [0, 0.05) is 5.69 Å². The number of anilines is 1. The summed E-state index contributed by atoms with van der Waals surface area (Å²) in [6.07, 6.45) is 4.19. The van der Waals surface area contributed by atoms with E-state index in [1.54, 1.807) is 0 Å². The molecule has 0 radical (unpaired) electrons. The number of unbranched alkanes of at least 4 members (excludes halogenated alkanes) is 1. The Bertz CT molecular complexity index is 563. The van der Waals surface area contributed by atoms with E-state index in [4.69, 9.17) is 0 Å². The highest BCUT2D eigenvalue weighted by atomic mass is 32.1. The normalized spacial score (nSPS) is 10.5. The predicted octanol–water partition coefficient (Wildman–Crippen LogP) is 3.70. The minimum absolute atomic E-state index is 0.127. The average molecular weight is 289 g/mol. The Kier molecular flexibility index (Phi) is 5.24. The van der Waals surface area contributed by atoms with E-state index in [0.29, 0.717) is 4.88 Å². The van der Waals surface area contributed by atoms with Crippen LogP contribution in [-0.2, 0) is 12.8 Å². The van der Waals surface area contributed by atoms with Gasteiger partial charge in [-0.1, -0.05) is 36.9 Å². The van der Waals surface area contributed by atoms with Gasteiger partial charge in [-0.05, 0) is 48.5 Å². The standard InChI is InChI=1S/C15H19N3OS/c1-3-5-6-11-7-9-12(10-8-11)16-15(19)14-13(4-2)17-18-20-14/h7-10H,3-6H2,1-2H3,(H,16,19). The summed E-state index contributed by atoms with van der Waals surface area (Å²) in [5.74, 6) is -0.127. The van der Waals surface area contributed by atoms with Crippen molar-refractivity contribution in [3.8, 4) is 0 Å². The summed E-state index contributed by atoms with van der Waals surface area (Å²) in [4.78, 5) is 12.7. The van der Waals surface area contributed by atoms with Crippen LogP contribution in [0.15, 0.2) is 24.3 Å². The molecule has 0 unspecified atom stereocenters. The molecule has 5 heteroatoms. The van der Waals surface area contributed by atoms with Gasteiger partial charge < -0.3 is 5.32 Å². The molecule has 1 N–H and O–H groups in total. The van der Waals surface area contributed by atoms with Gasteiger partial charge in [-0.2, -0.15) is 0 Å². The van der Waals surface area contributed by atoms with E-state index in [1.165, 1.54) is 18.4 Å². The number of aryl methyl sites for hydroxylation is 2. The molecule has 4 nitrogen and oxygen atoms in total. The van der Waals surface area contributed by atoms with Crippen LogP contribution in [0.25, 0.3) is 0 Å². The van der Waals surface area contributed by atoms with Crippen LogP contribution in [0, 0.1) is 0 Å². The smallest absolute Gasteiger partial charge is 0.269 e. The van der Waals surface area contributed by atoms with Gasteiger partial charge in [-0.15, -0.1) is 5.10 Å². The number of nitrogens with zero attached hydrogens (tertiary/aromatic N) is 2. The van der Waals surface area contributed by atoms with Crippen molar-refractivity contribution < 1.29 is 4.79 Å². The quantitative estimate of drug-likeness (QED) is 0.882. The lowest BCUT2D eigenvalue weighted by atomic mass is 10.1. The summed E-state index contributed by atoms with van der Waals surface area (Å²) in [5, 5.41) is 6.85. The highest BCUT2D eigenvalue weighted by Crippen LogP contribution is 2.16. The van der Waals surface area contributed by atoms with Gasteiger partial charge in [0.2, 0.25) is 0 Å². The molecule has 0 saturated heterocycles. The largest absolute Gasteiger partial charge is 0.321 e. The number of rotatable bonds is 6. The van der Waals surface area contributed by atoms with E-state index >= 15 is 0 Å². The number of benzene rings is 1. The van der Waals surface area contributed by atoms with Gasteiger partial charge in [0.15, 0.2) is 0 Å². The number of carbonyl (C=O) groups is 1. The van der Waals surface area contributed by atoms with E-state index < -0.39 is 0 Å². The monoisotopic (exact) mass is 289 g/mol. The van der Waals surface area contributed by atoms with Gasteiger partial charge in [-0.25, -0.2) is 0 Å². The van der Waals surface area contributed by atoms with Crippen molar-refractivity contribution in [2.24, 2.45) is 0 Å². The van der Waals surface area contributed by atoms with E-state index in [-0.39, 0.29) is 5.91 Å². The maximum atomic E-state index is 12.1. The highest BCUT2D eigenvalue weighted by Gasteiger charge is 2.14. The zero-order valence-electron chi connectivity index (χ0n) is 11.8. The number of carbonyl (C=O) groups excluding carboxylic acids is 1. The van der Waals surface area contributed by atoms with Gasteiger partial charge in [-0.3, -0.25) is 4.79 Å². The first-order valence-electron chi connectivity index (χ1n) is 6.96. The number of hydrogen-bond donors (Lipinski definition) is 1. The lowest BCUT2D eigenvalue weighted by molar-refractivity contribution is 0.102. The third kappa shape index (κ3) is 3.63. The fourth-order valence-electron chi connectivity index (χ4n) is 1.94. The Hall–Kier alpha value is -1.75. The van der Waals surface area contributed by atoms with E-state index in [9.17, 15) is 4.79 Å². The van der Waals surface area contributed by atoms with Gasteiger partial charge in [0.25, 0.3) is 5.91 Å². The second-order valence-electron chi connectivity index (χ2n) is 4.66. The zero-order chi connectivity index (χ0) is 14.4. The third-order valence-electron chi connectivity index (χ3n) is 3.13. The molecule has 20 heavy (non-hydrogen) atoms. The predicted molar refractivity (Wildman–Crippen MR) is 82.3 cm³/mol. The molecule has 0 aliphatic rings. The Labute approximate surface area is 123 Å². The Morgan fingerprint density at radius 3 is 2.65 bits per heavy atom. The topological polar surface area (TPSA) is 54.9 Å².